The van der Waals surface area contributed by atoms with Gasteiger partial charge in [0.05, 0.1) is 6.61 Å². The summed E-state index contributed by atoms with van der Waals surface area (Å²) in [6, 6.07) is 0. The molecule has 0 spiro atoms. The van der Waals surface area contributed by atoms with Crippen LogP contribution < -0.4 is 5.32 Å². The van der Waals surface area contributed by atoms with Crippen LogP contribution in [0.1, 0.15) is 39.9 Å². The van der Waals surface area contributed by atoms with E-state index < -0.39 is 5.54 Å². The fraction of sp³-hybridized carbons (Fsp3) is 0.769. The van der Waals surface area contributed by atoms with E-state index in [1.54, 1.807) is 11.8 Å². The lowest BCUT2D eigenvalue weighted by molar-refractivity contribution is -0.150. The molecule has 20 heavy (non-hydrogen) atoms. The normalized spacial score (nSPS) is 15.7. The summed E-state index contributed by atoms with van der Waals surface area (Å²) in [5, 5.41) is 3.49. The van der Waals surface area contributed by atoms with Crippen molar-refractivity contribution < 1.29 is 9.53 Å². The van der Waals surface area contributed by atoms with Crippen molar-refractivity contribution in [2.24, 2.45) is 0 Å². The summed E-state index contributed by atoms with van der Waals surface area (Å²) in [5.74, 6) is 0.604. The van der Waals surface area contributed by atoms with Gasteiger partial charge in [-0.15, -0.1) is 0 Å². The molecule has 0 aliphatic heterocycles. The Kier molecular flexibility index (Phi) is 6.91. The average molecular weight is 317 g/mol. The molecule has 5 nitrogen and oxygen atoms in total. The molecule has 1 N–H and O–H groups in total. The molecule has 0 saturated carbocycles. The van der Waals surface area contributed by atoms with Gasteiger partial charge < -0.3 is 10.1 Å². The maximum atomic E-state index is 12.1. The number of carbonyl (C=O) groups excluding carboxylic acids is 1. The number of likely N-dealkylation sites (N-methyl/N-ethyl adjacent to an activating group) is 1. The van der Waals surface area contributed by atoms with E-state index in [0.29, 0.717) is 13.0 Å². The highest BCUT2D eigenvalue weighted by molar-refractivity contribution is 8.01. The average Bonchev–Trinajstić information content (AvgIpc) is 2.74. The van der Waals surface area contributed by atoms with Crippen molar-refractivity contribution in [1.82, 2.24) is 14.7 Å². The first kappa shape index (κ1) is 17.4. The van der Waals surface area contributed by atoms with Crippen molar-refractivity contribution in [3.63, 3.8) is 0 Å². The summed E-state index contributed by atoms with van der Waals surface area (Å²) in [6.45, 7) is 10.8. The Bertz CT molecular complexity index is 439. The molecule has 114 valence electrons. The fourth-order valence-electron chi connectivity index (χ4n) is 2.02. The number of thioether (sulfide) groups is 1. The lowest BCUT2D eigenvalue weighted by Crippen LogP contribution is -2.51. The van der Waals surface area contributed by atoms with Gasteiger partial charge in [-0.2, -0.15) is 4.37 Å². The number of ether oxygens (including phenoxy) is 1. The number of aromatic nitrogens is 2. The molecule has 0 aliphatic carbocycles. The lowest BCUT2D eigenvalue weighted by Gasteiger charge is -2.30. The number of carbonyl (C=O) groups is 1. The van der Waals surface area contributed by atoms with E-state index in [1.165, 1.54) is 11.5 Å². The third-order valence-electron chi connectivity index (χ3n) is 2.80. The van der Waals surface area contributed by atoms with Crippen molar-refractivity contribution >= 4 is 29.3 Å². The summed E-state index contributed by atoms with van der Waals surface area (Å²) in [4.78, 5) is 16.5. The summed E-state index contributed by atoms with van der Waals surface area (Å²) < 4.78 is 10.3. The number of aryl methyl sites for hydroxylation is 1. The van der Waals surface area contributed by atoms with E-state index in [2.05, 4.69) is 21.6 Å². The van der Waals surface area contributed by atoms with Gasteiger partial charge in [-0.1, -0.05) is 25.6 Å². The monoisotopic (exact) mass is 317 g/mol. The van der Waals surface area contributed by atoms with E-state index in [-0.39, 0.29) is 11.2 Å². The minimum Gasteiger partial charge on any atom is -0.465 e. The van der Waals surface area contributed by atoms with Gasteiger partial charge in [-0.25, -0.2) is 4.98 Å². The molecule has 0 aromatic carbocycles. The Hall–Kier alpha value is -0.660. The molecule has 2 unspecified atom stereocenters. The number of nitrogens with one attached hydrogen (secondary N) is 1. The molecule has 7 heteroatoms. The molecule has 0 amide bonds. The van der Waals surface area contributed by atoms with Crippen molar-refractivity contribution in [1.29, 1.82) is 0 Å². The molecule has 1 rings (SSSR count). The zero-order valence-electron chi connectivity index (χ0n) is 12.7. The van der Waals surface area contributed by atoms with Gasteiger partial charge in [0.1, 0.15) is 11.4 Å². The number of hydrogen-bond acceptors (Lipinski definition) is 7. The second-order valence-corrected chi connectivity index (χ2v) is 7.26. The van der Waals surface area contributed by atoms with E-state index >= 15 is 0 Å². The molecule has 2 atom stereocenters. The molecule has 1 heterocycles. The topological polar surface area (TPSA) is 64.1 Å². The highest BCUT2D eigenvalue weighted by Gasteiger charge is 2.35. The van der Waals surface area contributed by atoms with Crippen molar-refractivity contribution in [2.45, 2.75) is 56.2 Å². The second-order valence-electron chi connectivity index (χ2n) is 4.82. The Labute approximate surface area is 129 Å². The molecule has 0 bridgehead atoms. The predicted molar refractivity (Wildman–Crippen MR) is 83.3 cm³/mol. The van der Waals surface area contributed by atoms with Crippen LogP contribution in [0.25, 0.3) is 0 Å². The van der Waals surface area contributed by atoms with E-state index in [1.807, 2.05) is 27.7 Å². The molecule has 0 saturated heterocycles. The summed E-state index contributed by atoms with van der Waals surface area (Å²) in [5.41, 5.74) is -0.656. The van der Waals surface area contributed by atoms with E-state index in [9.17, 15) is 4.79 Å². The lowest BCUT2D eigenvalue weighted by atomic mass is 9.96. The van der Waals surface area contributed by atoms with Gasteiger partial charge in [0.15, 0.2) is 4.34 Å². The molecule has 1 aromatic heterocycles. The van der Waals surface area contributed by atoms with Gasteiger partial charge >= 0.3 is 5.97 Å². The predicted octanol–water partition coefficient (Wildman–Crippen LogP) is 2.65. The highest BCUT2D eigenvalue weighted by atomic mass is 32.2. The third-order valence-corrected chi connectivity index (χ3v) is 4.78. The largest absolute Gasteiger partial charge is 0.465 e. The number of hydrogen-bond donors (Lipinski definition) is 1. The first-order valence-corrected chi connectivity index (χ1v) is 8.45. The molecule has 1 aromatic rings. The number of nitrogens with zero attached hydrogens (tertiary/aromatic N) is 2. The zero-order chi connectivity index (χ0) is 15.2. The van der Waals surface area contributed by atoms with Gasteiger partial charge in [0.25, 0.3) is 0 Å². The van der Waals surface area contributed by atoms with Crippen molar-refractivity contribution in [3.05, 3.63) is 5.82 Å². The van der Waals surface area contributed by atoms with Gasteiger partial charge in [-0.05, 0) is 45.3 Å². The molecular formula is C13H23N3O2S2. The maximum Gasteiger partial charge on any atom is 0.326 e. The van der Waals surface area contributed by atoms with Crippen LogP contribution in [0.2, 0.25) is 0 Å². The smallest absolute Gasteiger partial charge is 0.326 e. The van der Waals surface area contributed by atoms with Crippen LogP contribution in [0.5, 0.6) is 0 Å². The quantitative estimate of drug-likeness (QED) is 0.587. The van der Waals surface area contributed by atoms with Crippen LogP contribution >= 0.6 is 23.3 Å². The third kappa shape index (κ3) is 5.03. The second kappa shape index (κ2) is 7.95. The van der Waals surface area contributed by atoms with E-state index in [0.717, 1.165) is 16.7 Å². The fourth-order valence-corrected chi connectivity index (χ4v) is 4.17. The molecule has 0 fully saturated rings. The van der Waals surface area contributed by atoms with Crippen LogP contribution in [0.4, 0.5) is 0 Å². The van der Waals surface area contributed by atoms with Crippen LogP contribution in [0, 0.1) is 6.92 Å². The molecular weight excluding hydrogens is 294 g/mol. The number of esters is 1. The Morgan fingerprint density at radius 2 is 2.25 bits per heavy atom. The Morgan fingerprint density at radius 3 is 2.75 bits per heavy atom. The van der Waals surface area contributed by atoms with Crippen molar-refractivity contribution in [3.8, 4) is 0 Å². The maximum absolute atomic E-state index is 12.1. The van der Waals surface area contributed by atoms with Crippen molar-refractivity contribution in [2.75, 3.05) is 13.2 Å². The minimum atomic E-state index is -0.656. The summed E-state index contributed by atoms with van der Waals surface area (Å²) in [6.07, 6.45) is 0.683. The van der Waals surface area contributed by atoms with Gasteiger partial charge in [-0.3, -0.25) is 4.79 Å². The van der Waals surface area contributed by atoms with Crippen LogP contribution in [-0.4, -0.2) is 39.3 Å². The van der Waals surface area contributed by atoms with Gasteiger partial charge in [0.2, 0.25) is 0 Å². The first-order chi connectivity index (χ1) is 9.41. The minimum absolute atomic E-state index is 0.192. The standard InChI is InChI=1S/C13H23N3O2S2/c1-6-14-13(5,11(17)18-7-2)8-9(3)19-12-15-10(4)16-20-12/h9,14H,6-8H2,1-5H3. The van der Waals surface area contributed by atoms with Crippen LogP contribution in [-0.2, 0) is 9.53 Å². The highest BCUT2D eigenvalue weighted by Crippen LogP contribution is 2.30. The summed E-state index contributed by atoms with van der Waals surface area (Å²) >= 11 is 3.05. The molecule has 0 radical (unpaired) electrons. The Balaban J connectivity index is 2.66. The molecule has 0 aliphatic rings. The first-order valence-electron chi connectivity index (χ1n) is 6.80. The van der Waals surface area contributed by atoms with E-state index in [4.69, 9.17) is 4.74 Å². The summed E-state index contributed by atoms with van der Waals surface area (Å²) in [7, 11) is 0. The van der Waals surface area contributed by atoms with Gasteiger partial charge in [0, 0.05) is 5.25 Å². The van der Waals surface area contributed by atoms with Crippen LogP contribution in [0.3, 0.4) is 0 Å². The SMILES string of the molecule is CCNC(C)(CC(C)Sc1nc(C)ns1)C(=O)OCC. The zero-order valence-corrected chi connectivity index (χ0v) is 14.4. The Morgan fingerprint density at radius 1 is 1.55 bits per heavy atom. The van der Waals surface area contributed by atoms with Crippen LogP contribution in [0.15, 0.2) is 4.34 Å². The number of rotatable bonds is 8.